The molecular weight excluding hydrogens is 218 g/mol. The maximum absolute atomic E-state index is 12.3. The highest BCUT2D eigenvalue weighted by atomic mass is 16.2. The smallest absolute Gasteiger partial charge is 0.229 e. The van der Waals surface area contributed by atoms with Crippen LogP contribution in [0.2, 0.25) is 0 Å². The number of nitrogens with two attached hydrogens (primary N) is 1. The third-order valence-corrected chi connectivity index (χ3v) is 3.87. The first-order valence-electron chi connectivity index (χ1n) is 6.24. The van der Waals surface area contributed by atoms with E-state index >= 15 is 0 Å². The number of carbonyl (C=O) groups excluding carboxylic acids is 2. The summed E-state index contributed by atoms with van der Waals surface area (Å²) in [5.41, 5.74) is 5.14. The maximum atomic E-state index is 12.3. The summed E-state index contributed by atoms with van der Waals surface area (Å²) >= 11 is 0. The van der Waals surface area contributed by atoms with Gasteiger partial charge in [0, 0.05) is 38.6 Å². The van der Waals surface area contributed by atoms with E-state index in [1.54, 1.807) is 0 Å². The van der Waals surface area contributed by atoms with Gasteiger partial charge in [-0.2, -0.15) is 0 Å². The topological polar surface area (TPSA) is 66.6 Å². The monoisotopic (exact) mass is 239 g/mol. The molecule has 17 heavy (non-hydrogen) atoms. The van der Waals surface area contributed by atoms with Crippen LogP contribution in [0.15, 0.2) is 0 Å². The minimum atomic E-state index is -0.495. The average molecular weight is 239 g/mol. The Hall–Kier alpha value is -1.10. The SMILES string of the molecule is CC(C)(CN)C(=O)N1CCN2C(=O)CCC2C1. The lowest BCUT2D eigenvalue weighted by molar-refractivity contribution is -0.145. The molecule has 2 aliphatic rings. The lowest BCUT2D eigenvalue weighted by Crippen LogP contribution is -2.56. The highest BCUT2D eigenvalue weighted by molar-refractivity contribution is 5.83. The molecule has 0 aromatic rings. The second-order valence-corrected chi connectivity index (χ2v) is 5.62. The quantitative estimate of drug-likeness (QED) is 0.726. The number of fused-ring (bicyclic) bond motifs is 1. The van der Waals surface area contributed by atoms with E-state index in [-0.39, 0.29) is 17.9 Å². The second-order valence-electron chi connectivity index (χ2n) is 5.62. The number of hydrogen-bond donors (Lipinski definition) is 1. The highest BCUT2D eigenvalue weighted by Crippen LogP contribution is 2.25. The fraction of sp³-hybridized carbons (Fsp3) is 0.833. The van der Waals surface area contributed by atoms with Crippen LogP contribution in [0.1, 0.15) is 26.7 Å². The molecule has 2 heterocycles. The van der Waals surface area contributed by atoms with Crippen molar-refractivity contribution in [2.75, 3.05) is 26.2 Å². The lowest BCUT2D eigenvalue weighted by atomic mass is 9.91. The van der Waals surface area contributed by atoms with Crippen molar-refractivity contribution in [3.05, 3.63) is 0 Å². The Morgan fingerprint density at radius 1 is 1.47 bits per heavy atom. The normalized spacial score (nSPS) is 25.1. The molecule has 1 atom stereocenters. The molecular formula is C12H21N3O2. The number of rotatable bonds is 2. The van der Waals surface area contributed by atoms with Crippen molar-refractivity contribution in [1.82, 2.24) is 9.80 Å². The van der Waals surface area contributed by atoms with E-state index < -0.39 is 5.41 Å². The molecule has 2 saturated heterocycles. The zero-order valence-corrected chi connectivity index (χ0v) is 10.6. The van der Waals surface area contributed by atoms with Gasteiger partial charge in [-0.3, -0.25) is 9.59 Å². The Balaban J connectivity index is 2.02. The Bertz CT molecular complexity index is 341. The number of carbonyl (C=O) groups is 2. The summed E-state index contributed by atoms with van der Waals surface area (Å²) in [6.07, 6.45) is 1.51. The molecule has 0 bridgehead atoms. The summed E-state index contributed by atoms with van der Waals surface area (Å²) in [5.74, 6) is 0.346. The largest absolute Gasteiger partial charge is 0.338 e. The van der Waals surface area contributed by atoms with Crippen LogP contribution < -0.4 is 5.73 Å². The average Bonchev–Trinajstić information content (AvgIpc) is 2.69. The van der Waals surface area contributed by atoms with E-state index in [4.69, 9.17) is 5.73 Å². The minimum absolute atomic E-state index is 0.110. The molecule has 0 radical (unpaired) electrons. The van der Waals surface area contributed by atoms with Gasteiger partial charge in [-0.1, -0.05) is 0 Å². The van der Waals surface area contributed by atoms with Gasteiger partial charge in [0.05, 0.1) is 5.41 Å². The van der Waals surface area contributed by atoms with E-state index in [0.29, 0.717) is 32.6 Å². The molecule has 2 amide bonds. The van der Waals surface area contributed by atoms with Crippen LogP contribution in [0.4, 0.5) is 0 Å². The van der Waals surface area contributed by atoms with Crippen LogP contribution in [-0.2, 0) is 9.59 Å². The summed E-state index contributed by atoms with van der Waals surface area (Å²) in [5, 5.41) is 0. The van der Waals surface area contributed by atoms with Crippen LogP contribution in [0.5, 0.6) is 0 Å². The first-order chi connectivity index (χ1) is 7.95. The van der Waals surface area contributed by atoms with Crippen molar-refractivity contribution in [2.45, 2.75) is 32.7 Å². The van der Waals surface area contributed by atoms with Crippen molar-refractivity contribution in [1.29, 1.82) is 0 Å². The standard InChI is InChI=1S/C12H21N3O2/c1-12(2,8-13)11(17)14-5-6-15-9(7-14)3-4-10(15)16/h9H,3-8,13H2,1-2H3. The van der Waals surface area contributed by atoms with Gasteiger partial charge in [-0.05, 0) is 20.3 Å². The van der Waals surface area contributed by atoms with Gasteiger partial charge in [0.15, 0.2) is 0 Å². The van der Waals surface area contributed by atoms with Crippen molar-refractivity contribution in [3.63, 3.8) is 0 Å². The Kier molecular flexibility index (Phi) is 3.12. The third-order valence-electron chi connectivity index (χ3n) is 3.87. The molecule has 0 aliphatic carbocycles. The number of amides is 2. The van der Waals surface area contributed by atoms with Crippen LogP contribution in [-0.4, -0.2) is 53.8 Å². The van der Waals surface area contributed by atoms with Crippen molar-refractivity contribution in [2.24, 2.45) is 11.1 Å². The van der Waals surface area contributed by atoms with E-state index in [0.717, 1.165) is 6.42 Å². The molecule has 0 spiro atoms. The van der Waals surface area contributed by atoms with Crippen LogP contribution in [0.3, 0.4) is 0 Å². The molecule has 5 nitrogen and oxygen atoms in total. The summed E-state index contributed by atoms with van der Waals surface area (Å²) in [7, 11) is 0. The molecule has 0 saturated carbocycles. The third kappa shape index (κ3) is 2.16. The molecule has 2 rings (SSSR count). The van der Waals surface area contributed by atoms with E-state index in [1.807, 2.05) is 23.6 Å². The van der Waals surface area contributed by atoms with Crippen LogP contribution >= 0.6 is 0 Å². The first-order valence-corrected chi connectivity index (χ1v) is 6.24. The summed E-state index contributed by atoms with van der Waals surface area (Å²) in [6.45, 7) is 6.10. The minimum Gasteiger partial charge on any atom is -0.338 e. The van der Waals surface area contributed by atoms with Gasteiger partial charge in [0.2, 0.25) is 11.8 Å². The van der Waals surface area contributed by atoms with E-state index in [2.05, 4.69) is 0 Å². The maximum Gasteiger partial charge on any atom is 0.229 e. The van der Waals surface area contributed by atoms with Gasteiger partial charge < -0.3 is 15.5 Å². The van der Waals surface area contributed by atoms with Gasteiger partial charge in [0.1, 0.15) is 0 Å². The fourth-order valence-electron chi connectivity index (χ4n) is 2.56. The lowest BCUT2D eigenvalue weighted by Gasteiger charge is -2.40. The van der Waals surface area contributed by atoms with Gasteiger partial charge in [0.25, 0.3) is 0 Å². The van der Waals surface area contributed by atoms with Gasteiger partial charge >= 0.3 is 0 Å². The molecule has 0 aromatic carbocycles. The summed E-state index contributed by atoms with van der Waals surface area (Å²) in [6, 6.07) is 0.230. The van der Waals surface area contributed by atoms with Crippen molar-refractivity contribution < 1.29 is 9.59 Å². The summed E-state index contributed by atoms with van der Waals surface area (Å²) in [4.78, 5) is 27.6. The molecule has 96 valence electrons. The molecule has 2 fully saturated rings. The molecule has 2 aliphatic heterocycles. The number of nitrogens with zero attached hydrogens (tertiary/aromatic N) is 2. The molecule has 1 unspecified atom stereocenters. The Morgan fingerprint density at radius 3 is 2.82 bits per heavy atom. The van der Waals surface area contributed by atoms with Crippen molar-refractivity contribution >= 4 is 11.8 Å². The predicted octanol–water partition coefficient (Wildman–Crippen LogP) is -0.195. The van der Waals surface area contributed by atoms with E-state index in [9.17, 15) is 9.59 Å². The van der Waals surface area contributed by atoms with Gasteiger partial charge in [-0.25, -0.2) is 0 Å². The Labute approximate surface area is 102 Å². The van der Waals surface area contributed by atoms with E-state index in [1.165, 1.54) is 0 Å². The zero-order chi connectivity index (χ0) is 12.6. The van der Waals surface area contributed by atoms with Crippen LogP contribution in [0, 0.1) is 5.41 Å². The molecule has 2 N–H and O–H groups in total. The van der Waals surface area contributed by atoms with Gasteiger partial charge in [-0.15, -0.1) is 0 Å². The zero-order valence-electron chi connectivity index (χ0n) is 10.6. The predicted molar refractivity (Wildman–Crippen MR) is 64.2 cm³/mol. The molecule has 0 aromatic heterocycles. The van der Waals surface area contributed by atoms with Crippen LogP contribution in [0.25, 0.3) is 0 Å². The number of piperazine rings is 1. The molecule has 5 heteroatoms. The fourth-order valence-corrected chi connectivity index (χ4v) is 2.56. The highest BCUT2D eigenvalue weighted by Gasteiger charge is 2.39. The number of hydrogen-bond acceptors (Lipinski definition) is 3. The summed E-state index contributed by atoms with van der Waals surface area (Å²) < 4.78 is 0. The first kappa shape index (κ1) is 12.4. The Morgan fingerprint density at radius 2 is 2.18 bits per heavy atom. The van der Waals surface area contributed by atoms with Crippen molar-refractivity contribution in [3.8, 4) is 0 Å². The second kappa shape index (κ2) is 4.29.